The minimum absolute atomic E-state index is 0.271. The molecule has 0 N–H and O–H groups in total. The van der Waals surface area contributed by atoms with Crippen molar-refractivity contribution < 1.29 is 9.16 Å². The van der Waals surface area contributed by atoms with Gasteiger partial charge in [-0.05, 0) is 58.2 Å². The van der Waals surface area contributed by atoms with Crippen molar-refractivity contribution in [1.82, 2.24) is 0 Å². The van der Waals surface area contributed by atoms with Crippen LogP contribution in [0.3, 0.4) is 0 Å². The highest BCUT2D eigenvalue weighted by atomic mass is 79.9. The molecule has 4 heteroatoms. The Balaban J connectivity index is 2.57. The van der Waals surface area contributed by atoms with Gasteiger partial charge in [0.25, 0.3) is 0 Å². The summed E-state index contributed by atoms with van der Waals surface area (Å²) >= 11 is 3.51. The predicted octanol–water partition coefficient (Wildman–Crippen LogP) is 5.02. The van der Waals surface area contributed by atoms with Crippen LogP contribution in [0.4, 0.5) is 0 Å². The zero-order valence-corrected chi connectivity index (χ0v) is 15.4. The molecule has 0 bridgehead atoms. The van der Waals surface area contributed by atoms with Gasteiger partial charge in [-0.1, -0.05) is 26.8 Å². The molecule has 1 rings (SSSR count). The number of hydrogen-bond acceptors (Lipinski definition) is 2. The molecule has 0 amide bonds. The van der Waals surface area contributed by atoms with Crippen molar-refractivity contribution in [3.8, 4) is 5.75 Å². The van der Waals surface area contributed by atoms with Gasteiger partial charge in [0.15, 0.2) is 8.32 Å². The Morgan fingerprint density at radius 2 is 1.84 bits per heavy atom. The third kappa shape index (κ3) is 4.62. The van der Waals surface area contributed by atoms with Crippen molar-refractivity contribution in [2.45, 2.75) is 45.3 Å². The molecule has 1 aromatic carbocycles. The van der Waals surface area contributed by atoms with E-state index in [9.17, 15) is 0 Å². The number of methoxy groups -OCH3 is 1. The Kier molecular flexibility index (Phi) is 5.65. The van der Waals surface area contributed by atoms with E-state index in [0.717, 1.165) is 23.2 Å². The number of ether oxygens (including phenoxy) is 1. The quantitative estimate of drug-likeness (QED) is 0.698. The largest absolute Gasteiger partial charge is 0.496 e. The molecule has 0 spiro atoms. The highest BCUT2D eigenvalue weighted by Gasteiger charge is 2.36. The average molecular weight is 345 g/mol. The van der Waals surface area contributed by atoms with Gasteiger partial charge in [-0.2, -0.15) is 0 Å². The molecule has 0 radical (unpaired) electrons. The van der Waals surface area contributed by atoms with E-state index < -0.39 is 8.32 Å². The highest BCUT2D eigenvalue weighted by molar-refractivity contribution is 9.10. The Morgan fingerprint density at radius 1 is 1.21 bits per heavy atom. The molecule has 0 aromatic heterocycles. The molecule has 19 heavy (non-hydrogen) atoms. The fraction of sp³-hybridized carbons (Fsp3) is 0.600. The van der Waals surface area contributed by atoms with Gasteiger partial charge in [-0.25, -0.2) is 0 Å². The van der Waals surface area contributed by atoms with E-state index in [2.05, 4.69) is 61.9 Å². The third-order valence-electron chi connectivity index (χ3n) is 3.88. The van der Waals surface area contributed by atoms with E-state index in [1.807, 2.05) is 6.07 Å². The molecule has 0 saturated heterocycles. The summed E-state index contributed by atoms with van der Waals surface area (Å²) < 4.78 is 12.4. The first kappa shape index (κ1) is 16.7. The lowest BCUT2D eigenvalue weighted by atomic mass is 10.1. The first-order valence-corrected chi connectivity index (χ1v) is 10.3. The van der Waals surface area contributed by atoms with Crippen LogP contribution in [0.2, 0.25) is 18.1 Å². The third-order valence-corrected chi connectivity index (χ3v) is 9.03. The van der Waals surface area contributed by atoms with Crippen LogP contribution in [0.25, 0.3) is 0 Å². The summed E-state index contributed by atoms with van der Waals surface area (Å²) in [7, 11) is 0.0543. The molecule has 0 heterocycles. The number of halogens is 1. The van der Waals surface area contributed by atoms with Crippen molar-refractivity contribution in [2.24, 2.45) is 0 Å². The standard InChI is InChI=1S/C15H25BrO2Si/c1-15(2,3)19(5,6)18-10-9-12-7-8-14(17-4)13(16)11-12/h7-8,11H,9-10H2,1-6H3. The zero-order chi connectivity index (χ0) is 14.7. The van der Waals surface area contributed by atoms with E-state index in [-0.39, 0.29) is 5.04 Å². The normalized spacial score (nSPS) is 12.6. The van der Waals surface area contributed by atoms with E-state index in [1.165, 1.54) is 5.56 Å². The summed E-state index contributed by atoms with van der Waals surface area (Å²) in [6.45, 7) is 12.2. The number of hydrogen-bond donors (Lipinski definition) is 0. The van der Waals surface area contributed by atoms with Crippen molar-refractivity contribution in [3.63, 3.8) is 0 Å². The van der Waals surface area contributed by atoms with Gasteiger partial charge in [0, 0.05) is 6.61 Å². The summed E-state index contributed by atoms with van der Waals surface area (Å²) in [4.78, 5) is 0. The lowest BCUT2D eigenvalue weighted by Crippen LogP contribution is -2.41. The maximum atomic E-state index is 6.19. The molecule has 2 nitrogen and oxygen atoms in total. The minimum Gasteiger partial charge on any atom is -0.496 e. The molecule has 0 aliphatic heterocycles. The Bertz CT molecular complexity index is 425. The van der Waals surface area contributed by atoms with Crippen molar-refractivity contribution in [3.05, 3.63) is 28.2 Å². The van der Waals surface area contributed by atoms with Crippen LogP contribution in [0.15, 0.2) is 22.7 Å². The highest BCUT2D eigenvalue weighted by Crippen LogP contribution is 2.36. The Labute approximate surface area is 126 Å². The Morgan fingerprint density at radius 3 is 2.32 bits per heavy atom. The molecular formula is C15H25BrO2Si. The smallest absolute Gasteiger partial charge is 0.191 e. The van der Waals surface area contributed by atoms with Gasteiger partial charge < -0.3 is 9.16 Å². The molecular weight excluding hydrogens is 320 g/mol. The van der Waals surface area contributed by atoms with Gasteiger partial charge in [-0.3, -0.25) is 0 Å². The second-order valence-corrected chi connectivity index (χ2v) is 12.0. The lowest BCUT2D eigenvalue weighted by Gasteiger charge is -2.36. The number of benzene rings is 1. The maximum Gasteiger partial charge on any atom is 0.191 e. The first-order chi connectivity index (χ1) is 8.67. The molecule has 0 fully saturated rings. The molecule has 0 unspecified atom stereocenters. The van der Waals surface area contributed by atoms with Crippen LogP contribution >= 0.6 is 15.9 Å². The SMILES string of the molecule is COc1ccc(CCO[Si](C)(C)C(C)(C)C)cc1Br. The van der Waals surface area contributed by atoms with E-state index in [4.69, 9.17) is 9.16 Å². The van der Waals surface area contributed by atoms with Gasteiger partial charge in [-0.15, -0.1) is 0 Å². The summed E-state index contributed by atoms with van der Waals surface area (Å²) in [6, 6.07) is 6.19. The molecule has 0 aliphatic carbocycles. The fourth-order valence-corrected chi connectivity index (χ4v) is 3.14. The monoisotopic (exact) mass is 344 g/mol. The van der Waals surface area contributed by atoms with Gasteiger partial charge >= 0.3 is 0 Å². The molecule has 0 aliphatic rings. The topological polar surface area (TPSA) is 18.5 Å². The van der Waals surface area contributed by atoms with Gasteiger partial charge in [0.1, 0.15) is 5.75 Å². The predicted molar refractivity (Wildman–Crippen MR) is 87.5 cm³/mol. The zero-order valence-electron chi connectivity index (χ0n) is 12.8. The van der Waals surface area contributed by atoms with Crippen LogP contribution < -0.4 is 4.74 Å². The summed E-state index contributed by atoms with van der Waals surface area (Å²) in [5, 5.41) is 0.271. The van der Waals surface area contributed by atoms with Crippen molar-refractivity contribution in [1.29, 1.82) is 0 Å². The van der Waals surface area contributed by atoms with E-state index in [1.54, 1.807) is 7.11 Å². The van der Waals surface area contributed by atoms with E-state index >= 15 is 0 Å². The van der Waals surface area contributed by atoms with Crippen LogP contribution in [0, 0.1) is 0 Å². The first-order valence-electron chi connectivity index (χ1n) is 6.64. The maximum absolute atomic E-state index is 6.19. The van der Waals surface area contributed by atoms with Crippen LogP contribution in [0.5, 0.6) is 5.75 Å². The molecule has 0 saturated carbocycles. The van der Waals surface area contributed by atoms with Crippen LogP contribution in [0.1, 0.15) is 26.3 Å². The summed E-state index contributed by atoms with van der Waals surface area (Å²) in [5.74, 6) is 0.870. The van der Waals surface area contributed by atoms with Gasteiger partial charge in [0.2, 0.25) is 0 Å². The number of rotatable bonds is 5. The Hall–Kier alpha value is -0.323. The van der Waals surface area contributed by atoms with Crippen LogP contribution in [-0.4, -0.2) is 22.0 Å². The summed E-state index contributed by atoms with van der Waals surface area (Å²) in [5.41, 5.74) is 1.27. The molecule has 0 atom stereocenters. The minimum atomic E-state index is -1.63. The fourth-order valence-electron chi connectivity index (χ4n) is 1.51. The van der Waals surface area contributed by atoms with Crippen molar-refractivity contribution >= 4 is 24.2 Å². The van der Waals surface area contributed by atoms with Gasteiger partial charge in [0.05, 0.1) is 11.6 Å². The lowest BCUT2D eigenvalue weighted by molar-refractivity contribution is 0.292. The molecule has 1 aromatic rings. The molecule has 108 valence electrons. The van der Waals surface area contributed by atoms with Crippen LogP contribution in [-0.2, 0) is 10.8 Å². The summed E-state index contributed by atoms with van der Waals surface area (Å²) in [6.07, 6.45) is 0.940. The van der Waals surface area contributed by atoms with Crippen molar-refractivity contribution in [2.75, 3.05) is 13.7 Å². The average Bonchev–Trinajstić information content (AvgIpc) is 2.27. The second-order valence-electron chi connectivity index (χ2n) is 6.33. The second kappa shape index (κ2) is 6.42. The van der Waals surface area contributed by atoms with E-state index in [0.29, 0.717) is 0 Å².